The number of nitrogens with two attached hydrogens (primary N) is 1. The summed E-state index contributed by atoms with van der Waals surface area (Å²) >= 11 is 1.91. The molecular weight excluding hydrogens is 605 g/mol. The highest BCUT2D eigenvalue weighted by atomic mass is 127. The summed E-state index contributed by atoms with van der Waals surface area (Å²) in [6, 6.07) is 11.8. The molecule has 3 rings (SSSR count). The third-order valence-corrected chi connectivity index (χ3v) is 6.69. The van der Waals surface area contributed by atoms with Crippen molar-refractivity contribution in [3.05, 3.63) is 69.8 Å². The fourth-order valence-electron chi connectivity index (χ4n) is 2.75. The Bertz CT molecular complexity index is 1440. The average molecular weight is 624 g/mol. The van der Waals surface area contributed by atoms with Gasteiger partial charge in [-0.15, -0.1) is 0 Å². The molecule has 0 amide bonds. The third-order valence-electron chi connectivity index (χ3n) is 4.23. The zero-order valence-corrected chi connectivity index (χ0v) is 21.3. The van der Waals surface area contributed by atoms with E-state index in [1.54, 1.807) is 6.07 Å². The summed E-state index contributed by atoms with van der Waals surface area (Å²) in [5.74, 6) is -1.89. The number of halogens is 3. The molecule has 0 aliphatic heterocycles. The molecule has 3 aromatic carbocycles. The molecule has 14 heteroatoms. The van der Waals surface area contributed by atoms with Gasteiger partial charge in [0.2, 0.25) is 10.0 Å². The molecule has 182 valence electrons. The lowest BCUT2D eigenvalue weighted by molar-refractivity contribution is 0.479. The third kappa shape index (κ3) is 7.15. The Kier molecular flexibility index (Phi) is 7.84. The van der Waals surface area contributed by atoms with Gasteiger partial charge in [-0.2, -0.15) is 8.42 Å². The Labute approximate surface area is 209 Å². The first-order valence-corrected chi connectivity index (χ1v) is 13.8. The second kappa shape index (κ2) is 10.3. The SMILES string of the molecule is CCS(=O)(=O)Nc1cccc(Oc2cc(F)cc(Nc3ccc(I)cc3F)c2NS(N)(=O)=O)c1. The van der Waals surface area contributed by atoms with Crippen molar-refractivity contribution in [3.8, 4) is 11.5 Å². The van der Waals surface area contributed by atoms with Crippen molar-refractivity contribution in [2.24, 2.45) is 5.14 Å². The summed E-state index contributed by atoms with van der Waals surface area (Å²) < 4.78 is 86.7. The van der Waals surface area contributed by atoms with Crippen molar-refractivity contribution < 1.29 is 30.4 Å². The molecule has 0 spiro atoms. The predicted octanol–water partition coefficient (Wildman–Crippen LogP) is 4.48. The molecule has 0 aliphatic rings. The number of benzene rings is 3. The molecule has 34 heavy (non-hydrogen) atoms. The van der Waals surface area contributed by atoms with Crippen LogP contribution in [0.15, 0.2) is 54.6 Å². The highest BCUT2D eigenvalue weighted by Gasteiger charge is 2.19. The summed E-state index contributed by atoms with van der Waals surface area (Å²) in [5.41, 5.74) is -0.338. The van der Waals surface area contributed by atoms with Crippen LogP contribution < -0.4 is 24.6 Å². The lowest BCUT2D eigenvalue weighted by Gasteiger charge is -2.18. The fourth-order valence-corrected chi connectivity index (χ4v) is 4.32. The lowest BCUT2D eigenvalue weighted by Crippen LogP contribution is -2.22. The van der Waals surface area contributed by atoms with Gasteiger partial charge < -0.3 is 10.1 Å². The maximum atomic E-state index is 14.4. The first-order chi connectivity index (χ1) is 15.8. The molecule has 5 N–H and O–H groups in total. The highest BCUT2D eigenvalue weighted by molar-refractivity contribution is 14.1. The second-order valence-corrected chi connectivity index (χ2v) is 11.4. The fraction of sp³-hybridized carbons (Fsp3) is 0.100. The van der Waals surface area contributed by atoms with Crippen LogP contribution in [0.5, 0.6) is 11.5 Å². The summed E-state index contributed by atoms with van der Waals surface area (Å²) in [4.78, 5) is 0. The van der Waals surface area contributed by atoms with E-state index in [1.165, 1.54) is 43.3 Å². The van der Waals surface area contributed by atoms with E-state index in [-0.39, 0.29) is 40.0 Å². The summed E-state index contributed by atoms with van der Waals surface area (Å²) in [6.07, 6.45) is 0. The molecule has 0 aliphatic carbocycles. The zero-order chi connectivity index (χ0) is 25.1. The number of ether oxygens (including phenoxy) is 1. The standard InChI is InChI=1S/C20H19F2IN4O5S2/c1-2-33(28,29)26-14-4-3-5-15(11-14)32-19-9-12(21)8-18(20(19)27-34(24,30)31)25-17-7-6-13(23)10-16(17)22/h3-11,25-27H,2H2,1H3,(H2,24,30,31). The molecule has 0 saturated carbocycles. The molecule has 0 bridgehead atoms. The van der Waals surface area contributed by atoms with E-state index in [4.69, 9.17) is 9.88 Å². The van der Waals surface area contributed by atoms with Gasteiger partial charge in [0.25, 0.3) is 10.2 Å². The molecule has 0 aromatic heterocycles. The van der Waals surface area contributed by atoms with E-state index in [2.05, 4.69) is 10.0 Å². The predicted molar refractivity (Wildman–Crippen MR) is 135 cm³/mol. The van der Waals surface area contributed by atoms with Crippen molar-refractivity contribution in [2.75, 3.05) is 20.5 Å². The number of hydrogen-bond donors (Lipinski definition) is 4. The number of sulfonamides is 1. The molecular formula is C20H19F2IN4O5S2. The Balaban J connectivity index is 2.05. The van der Waals surface area contributed by atoms with Crippen LogP contribution in [0.3, 0.4) is 0 Å². The topological polar surface area (TPSA) is 140 Å². The van der Waals surface area contributed by atoms with Crippen LogP contribution in [-0.4, -0.2) is 22.6 Å². The van der Waals surface area contributed by atoms with Gasteiger partial charge >= 0.3 is 0 Å². The second-order valence-electron chi connectivity index (χ2n) is 6.86. The van der Waals surface area contributed by atoms with Crippen LogP contribution in [0.25, 0.3) is 0 Å². The van der Waals surface area contributed by atoms with E-state index in [0.29, 0.717) is 3.57 Å². The highest BCUT2D eigenvalue weighted by Crippen LogP contribution is 2.39. The van der Waals surface area contributed by atoms with Crippen molar-refractivity contribution in [1.29, 1.82) is 0 Å². The quantitative estimate of drug-likeness (QED) is 0.259. The number of nitrogens with one attached hydrogen (secondary N) is 3. The van der Waals surface area contributed by atoms with Crippen LogP contribution in [0.2, 0.25) is 0 Å². The smallest absolute Gasteiger partial charge is 0.296 e. The summed E-state index contributed by atoms with van der Waals surface area (Å²) in [7, 11) is -7.92. The van der Waals surface area contributed by atoms with E-state index in [9.17, 15) is 25.6 Å². The molecule has 0 unspecified atom stereocenters. The van der Waals surface area contributed by atoms with Gasteiger partial charge in [-0.05, 0) is 65.9 Å². The van der Waals surface area contributed by atoms with Crippen molar-refractivity contribution in [3.63, 3.8) is 0 Å². The molecule has 3 aromatic rings. The van der Waals surface area contributed by atoms with E-state index in [0.717, 1.165) is 12.1 Å². The minimum absolute atomic E-state index is 0.0506. The minimum Gasteiger partial charge on any atom is -0.455 e. The maximum absolute atomic E-state index is 14.4. The van der Waals surface area contributed by atoms with Crippen molar-refractivity contribution in [2.45, 2.75) is 6.92 Å². The molecule has 0 fully saturated rings. The van der Waals surface area contributed by atoms with E-state index in [1.807, 2.05) is 27.3 Å². The van der Waals surface area contributed by atoms with Gasteiger partial charge in [-0.1, -0.05) is 6.07 Å². The molecule has 0 atom stereocenters. The monoisotopic (exact) mass is 624 g/mol. The van der Waals surface area contributed by atoms with Gasteiger partial charge in [-0.25, -0.2) is 22.3 Å². The van der Waals surface area contributed by atoms with Crippen molar-refractivity contribution >= 4 is 65.6 Å². The number of anilines is 4. The normalized spacial score (nSPS) is 11.7. The largest absolute Gasteiger partial charge is 0.455 e. The van der Waals surface area contributed by atoms with Gasteiger partial charge in [0.1, 0.15) is 23.1 Å². The van der Waals surface area contributed by atoms with Gasteiger partial charge in [-0.3, -0.25) is 9.44 Å². The maximum Gasteiger partial charge on any atom is 0.296 e. The van der Waals surface area contributed by atoms with Crippen molar-refractivity contribution in [1.82, 2.24) is 0 Å². The van der Waals surface area contributed by atoms with Crippen LogP contribution in [0, 0.1) is 15.2 Å². The zero-order valence-electron chi connectivity index (χ0n) is 17.5. The Morgan fingerprint density at radius 1 is 0.971 bits per heavy atom. The molecule has 9 nitrogen and oxygen atoms in total. The average Bonchev–Trinajstić information content (AvgIpc) is 2.71. The van der Waals surface area contributed by atoms with Crippen LogP contribution in [0.1, 0.15) is 6.92 Å². The Morgan fingerprint density at radius 2 is 1.71 bits per heavy atom. The first-order valence-electron chi connectivity index (χ1n) is 9.50. The van der Waals surface area contributed by atoms with E-state index >= 15 is 0 Å². The molecule has 0 radical (unpaired) electrons. The first kappa shape index (κ1) is 25.9. The Morgan fingerprint density at radius 3 is 2.35 bits per heavy atom. The van der Waals surface area contributed by atoms with E-state index < -0.39 is 31.9 Å². The molecule has 0 saturated heterocycles. The summed E-state index contributed by atoms with van der Waals surface area (Å²) in [6.45, 7) is 1.46. The number of rotatable bonds is 9. The minimum atomic E-state index is -4.35. The van der Waals surface area contributed by atoms with Crippen LogP contribution >= 0.6 is 22.6 Å². The van der Waals surface area contributed by atoms with Crippen LogP contribution in [-0.2, 0) is 20.2 Å². The van der Waals surface area contributed by atoms with Gasteiger partial charge in [0.05, 0.1) is 22.8 Å². The summed E-state index contributed by atoms with van der Waals surface area (Å²) in [5, 5.41) is 7.76. The molecule has 0 heterocycles. The van der Waals surface area contributed by atoms with Crippen LogP contribution in [0.4, 0.5) is 31.5 Å². The Hall–Kier alpha value is -2.69. The lowest BCUT2D eigenvalue weighted by atomic mass is 10.2. The van der Waals surface area contributed by atoms with Gasteiger partial charge in [0, 0.05) is 15.7 Å². The number of hydrogen-bond acceptors (Lipinski definition) is 6. The van der Waals surface area contributed by atoms with Gasteiger partial charge in [0.15, 0.2) is 5.75 Å².